The Morgan fingerprint density at radius 2 is 2.00 bits per heavy atom. The average Bonchev–Trinajstić information content (AvgIpc) is 2.31. The molecule has 18 heavy (non-hydrogen) atoms. The number of hydrogen-bond donors (Lipinski definition) is 1. The summed E-state index contributed by atoms with van der Waals surface area (Å²) in [5, 5.41) is 3.99. The minimum absolute atomic E-state index is 0.282. The first kappa shape index (κ1) is 13.6. The van der Waals surface area contributed by atoms with E-state index in [1.54, 1.807) is 0 Å². The van der Waals surface area contributed by atoms with E-state index in [1.165, 1.54) is 0 Å². The summed E-state index contributed by atoms with van der Waals surface area (Å²) < 4.78 is 22.5. The quantitative estimate of drug-likeness (QED) is 0.912. The van der Waals surface area contributed by atoms with Crippen molar-refractivity contribution in [3.63, 3.8) is 0 Å². The predicted octanol–water partition coefficient (Wildman–Crippen LogP) is 1.48. The molecule has 6 heteroatoms. The van der Waals surface area contributed by atoms with Gasteiger partial charge in [-0.1, -0.05) is 17.7 Å². The Labute approximate surface area is 113 Å². The minimum atomic E-state index is -2.78. The molecule has 0 aromatic heterocycles. The number of benzene rings is 1. The van der Waals surface area contributed by atoms with Crippen molar-refractivity contribution >= 4 is 27.1 Å². The van der Waals surface area contributed by atoms with Crippen LogP contribution in [0.5, 0.6) is 0 Å². The Kier molecular flexibility index (Phi) is 4.48. The highest BCUT2D eigenvalue weighted by molar-refractivity contribution is 7.91. The highest BCUT2D eigenvalue weighted by Crippen LogP contribution is 2.14. The molecule has 0 spiro atoms. The van der Waals surface area contributed by atoms with Crippen molar-refractivity contribution in [3.8, 4) is 0 Å². The summed E-state index contributed by atoms with van der Waals surface area (Å²) in [4.78, 5) is 2.17. The number of halogens is 1. The standard InChI is InChI=1S/C12H17ClN2O2S/c13-11-2-1-3-12(10-11)14-4-5-15-6-8-18(16,17)9-7-15/h1-3,10,14H,4-9H2. The van der Waals surface area contributed by atoms with E-state index in [1.807, 2.05) is 24.3 Å². The van der Waals surface area contributed by atoms with Gasteiger partial charge in [0.15, 0.2) is 9.84 Å². The molecule has 1 N–H and O–H groups in total. The Morgan fingerprint density at radius 1 is 1.28 bits per heavy atom. The third-order valence-electron chi connectivity index (χ3n) is 3.02. The molecular weight excluding hydrogens is 272 g/mol. The molecule has 1 aromatic rings. The number of anilines is 1. The maximum absolute atomic E-state index is 11.3. The Bertz CT molecular complexity index is 491. The molecule has 0 amide bonds. The molecule has 1 heterocycles. The van der Waals surface area contributed by atoms with Gasteiger partial charge in [0.1, 0.15) is 0 Å². The van der Waals surface area contributed by atoms with Crippen LogP contribution < -0.4 is 5.32 Å². The number of rotatable bonds is 4. The fourth-order valence-electron chi connectivity index (χ4n) is 1.93. The number of nitrogens with zero attached hydrogens (tertiary/aromatic N) is 1. The molecule has 0 radical (unpaired) electrons. The molecule has 1 aromatic carbocycles. The molecule has 0 aliphatic carbocycles. The molecule has 1 fully saturated rings. The highest BCUT2D eigenvalue weighted by Gasteiger charge is 2.20. The second kappa shape index (κ2) is 5.91. The van der Waals surface area contributed by atoms with Gasteiger partial charge in [-0.3, -0.25) is 4.90 Å². The molecule has 0 unspecified atom stereocenters. The molecule has 1 aliphatic heterocycles. The Hall–Kier alpha value is -0.780. The SMILES string of the molecule is O=S1(=O)CCN(CCNc2cccc(Cl)c2)CC1. The van der Waals surface area contributed by atoms with E-state index in [2.05, 4.69) is 10.2 Å². The summed E-state index contributed by atoms with van der Waals surface area (Å²) in [6, 6.07) is 7.58. The van der Waals surface area contributed by atoms with Crippen molar-refractivity contribution in [2.45, 2.75) is 0 Å². The van der Waals surface area contributed by atoms with E-state index < -0.39 is 9.84 Å². The summed E-state index contributed by atoms with van der Waals surface area (Å²) in [5.74, 6) is 0.564. The van der Waals surface area contributed by atoms with Crippen LogP contribution in [0.3, 0.4) is 0 Å². The molecule has 0 atom stereocenters. The van der Waals surface area contributed by atoms with Gasteiger partial charge in [-0.05, 0) is 18.2 Å². The summed E-state index contributed by atoms with van der Waals surface area (Å²) in [6.07, 6.45) is 0. The Morgan fingerprint density at radius 3 is 2.67 bits per heavy atom. The van der Waals surface area contributed by atoms with Crippen LogP contribution >= 0.6 is 11.6 Å². The molecule has 2 rings (SSSR count). The van der Waals surface area contributed by atoms with Gasteiger partial charge in [0, 0.05) is 36.9 Å². The predicted molar refractivity (Wildman–Crippen MR) is 75.0 cm³/mol. The van der Waals surface area contributed by atoms with Crippen LogP contribution in [0.15, 0.2) is 24.3 Å². The van der Waals surface area contributed by atoms with E-state index >= 15 is 0 Å². The van der Waals surface area contributed by atoms with Crippen molar-refractivity contribution in [1.82, 2.24) is 4.90 Å². The molecule has 100 valence electrons. The van der Waals surface area contributed by atoms with Crippen molar-refractivity contribution in [2.75, 3.05) is 43.0 Å². The molecule has 1 saturated heterocycles. The second-order valence-electron chi connectivity index (χ2n) is 4.43. The molecule has 0 saturated carbocycles. The monoisotopic (exact) mass is 288 g/mol. The lowest BCUT2D eigenvalue weighted by Crippen LogP contribution is -2.42. The second-order valence-corrected chi connectivity index (χ2v) is 7.17. The van der Waals surface area contributed by atoms with Crippen LogP contribution in [0.2, 0.25) is 5.02 Å². The van der Waals surface area contributed by atoms with Gasteiger partial charge in [0.25, 0.3) is 0 Å². The van der Waals surface area contributed by atoms with Crippen LogP contribution in [0.25, 0.3) is 0 Å². The zero-order chi connectivity index (χ0) is 13.0. The minimum Gasteiger partial charge on any atom is -0.384 e. The fourth-order valence-corrected chi connectivity index (χ4v) is 3.40. The van der Waals surface area contributed by atoms with Crippen LogP contribution in [-0.2, 0) is 9.84 Å². The van der Waals surface area contributed by atoms with Crippen molar-refractivity contribution < 1.29 is 8.42 Å². The van der Waals surface area contributed by atoms with Gasteiger partial charge in [0.05, 0.1) is 11.5 Å². The van der Waals surface area contributed by atoms with E-state index in [4.69, 9.17) is 11.6 Å². The van der Waals surface area contributed by atoms with Crippen molar-refractivity contribution in [1.29, 1.82) is 0 Å². The maximum Gasteiger partial charge on any atom is 0.152 e. The lowest BCUT2D eigenvalue weighted by Gasteiger charge is -2.26. The molecule has 4 nitrogen and oxygen atoms in total. The van der Waals surface area contributed by atoms with Gasteiger partial charge in [-0.15, -0.1) is 0 Å². The van der Waals surface area contributed by atoms with Crippen LogP contribution in [0.1, 0.15) is 0 Å². The van der Waals surface area contributed by atoms with Crippen molar-refractivity contribution in [3.05, 3.63) is 29.3 Å². The first-order chi connectivity index (χ1) is 8.55. The fraction of sp³-hybridized carbons (Fsp3) is 0.500. The zero-order valence-electron chi connectivity index (χ0n) is 10.1. The highest BCUT2D eigenvalue weighted by atomic mass is 35.5. The first-order valence-corrected chi connectivity index (χ1v) is 8.17. The maximum atomic E-state index is 11.3. The van der Waals surface area contributed by atoms with Gasteiger partial charge < -0.3 is 5.32 Å². The molecule has 0 bridgehead atoms. The number of sulfone groups is 1. The number of nitrogens with one attached hydrogen (secondary N) is 1. The first-order valence-electron chi connectivity index (χ1n) is 5.97. The number of hydrogen-bond acceptors (Lipinski definition) is 4. The molecular formula is C12H17ClN2O2S. The van der Waals surface area contributed by atoms with Crippen LogP contribution in [-0.4, -0.2) is 51.0 Å². The van der Waals surface area contributed by atoms with Gasteiger partial charge in [-0.25, -0.2) is 8.42 Å². The Balaban J connectivity index is 1.73. The topological polar surface area (TPSA) is 49.4 Å². The van der Waals surface area contributed by atoms with Crippen LogP contribution in [0, 0.1) is 0 Å². The third-order valence-corrected chi connectivity index (χ3v) is 4.86. The van der Waals surface area contributed by atoms with Gasteiger partial charge in [-0.2, -0.15) is 0 Å². The lowest BCUT2D eigenvalue weighted by atomic mass is 10.3. The smallest absolute Gasteiger partial charge is 0.152 e. The summed E-state index contributed by atoms with van der Waals surface area (Å²) >= 11 is 5.89. The summed E-state index contributed by atoms with van der Waals surface area (Å²) in [6.45, 7) is 2.92. The normalized spacial score (nSPS) is 19.6. The van der Waals surface area contributed by atoms with Crippen molar-refractivity contribution in [2.24, 2.45) is 0 Å². The van der Waals surface area contributed by atoms with Gasteiger partial charge >= 0.3 is 0 Å². The molecule has 1 aliphatic rings. The lowest BCUT2D eigenvalue weighted by molar-refractivity contribution is 0.307. The zero-order valence-corrected chi connectivity index (χ0v) is 11.7. The van der Waals surface area contributed by atoms with E-state index in [0.29, 0.717) is 18.1 Å². The van der Waals surface area contributed by atoms with E-state index in [-0.39, 0.29) is 11.5 Å². The third kappa shape index (κ3) is 4.15. The largest absolute Gasteiger partial charge is 0.384 e. The van der Waals surface area contributed by atoms with Gasteiger partial charge in [0.2, 0.25) is 0 Å². The van der Waals surface area contributed by atoms with E-state index in [9.17, 15) is 8.42 Å². The van der Waals surface area contributed by atoms with Crippen LogP contribution in [0.4, 0.5) is 5.69 Å². The summed E-state index contributed by atoms with van der Waals surface area (Å²) in [5.41, 5.74) is 0.993. The van der Waals surface area contributed by atoms with E-state index in [0.717, 1.165) is 18.8 Å². The average molecular weight is 289 g/mol. The summed E-state index contributed by atoms with van der Waals surface area (Å²) in [7, 11) is -2.78.